The molecule has 130 valence electrons. The number of benzene rings is 1. The Hall–Kier alpha value is -1.88. The molecule has 0 radical (unpaired) electrons. The SMILES string of the molecule is CSc1ccccc1NC(=O)C(C)Sc1nnc(C(F)(F)F)n1N. The Kier molecular flexibility index (Phi) is 5.65. The second-order valence-corrected chi connectivity index (χ2v) is 6.78. The van der Waals surface area contributed by atoms with Gasteiger partial charge in [0.05, 0.1) is 10.9 Å². The Morgan fingerprint density at radius 1 is 1.33 bits per heavy atom. The lowest BCUT2D eigenvalue weighted by Crippen LogP contribution is -2.25. The van der Waals surface area contributed by atoms with Crippen molar-refractivity contribution in [2.45, 2.75) is 28.4 Å². The number of thioether (sulfide) groups is 2. The number of amides is 1. The Bertz CT molecular complexity index is 735. The molecule has 0 saturated heterocycles. The minimum Gasteiger partial charge on any atom is -0.335 e. The molecule has 0 spiro atoms. The van der Waals surface area contributed by atoms with Gasteiger partial charge in [-0.25, -0.2) is 4.68 Å². The summed E-state index contributed by atoms with van der Waals surface area (Å²) in [6.07, 6.45) is -2.83. The summed E-state index contributed by atoms with van der Waals surface area (Å²) in [5.74, 6) is 3.66. The molecular weight excluding hydrogens is 363 g/mol. The fraction of sp³-hybridized carbons (Fsp3) is 0.308. The molecular formula is C13H14F3N5OS2. The second kappa shape index (κ2) is 7.34. The van der Waals surface area contributed by atoms with Gasteiger partial charge in [-0.05, 0) is 25.3 Å². The van der Waals surface area contributed by atoms with E-state index < -0.39 is 17.3 Å². The van der Waals surface area contributed by atoms with Crippen LogP contribution < -0.4 is 11.2 Å². The van der Waals surface area contributed by atoms with Gasteiger partial charge < -0.3 is 11.2 Å². The lowest BCUT2D eigenvalue weighted by atomic mass is 10.3. The first-order valence-electron chi connectivity index (χ1n) is 6.62. The molecule has 0 aliphatic rings. The number of nitrogen functional groups attached to an aromatic ring is 1. The van der Waals surface area contributed by atoms with Gasteiger partial charge in [-0.15, -0.1) is 22.0 Å². The normalized spacial score (nSPS) is 12.9. The number of anilines is 1. The van der Waals surface area contributed by atoms with E-state index in [2.05, 4.69) is 15.5 Å². The van der Waals surface area contributed by atoms with E-state index in [0.29, 0.717) is 10.4 Å². The van der Waals surface area contributed by atoms with Gasteiger partial charge in [0, 0.05) is 4.90 Å². The number of rotatable bonds is 5. The van der Waals surface area contributed by atoms with Crippen molar-refractivity contribution in [2.24, 2.45) is 0 Å². The van der Waals surface area contributed by atoms with E-state index in [1.165, 1.54) is 11.8 Å². The molecule has 1 heterocycles. The van der Waals surface area contributed by atoms with Crippen LogP contribution in [0.5, 0.6) is 0 Å². The van der Waals surface area contributed by atoms with Crippen LogP contribution in [0.15, 0.2) is 34.3 Å². The minimum absolute atomic E-state index is 0.192. The summed E-state index contributed by atoms with van der Waals surface area (Å²) in [5, 5.41) is 8.24. The predicted octanol–water partition coefficient (Wildman–Crippen LogP) is 2.85. The monoisotopic (exact) mass is 377 g/mol. The fourth-order valence-electron chi connectivity index (χ4n) is 1.74. The Morgan fingerprint density at radius 3 is 2.58 bits per heavy atom. The maximum Gasteiger partial charge on any atom is 0.453 e. The third-order valence-corrected chi connectivity index (χ3v) is 4.79. The van der Waals surface area contributed by atoms with Crippen molar-refractivity contribution in [3.63, 3.8) is 0 Å². The molecule has 2 aromatic rings. The second-order valence-electron chi connectivity index (χ2n) is 4.62. The van der Waals surface area contributed by atoms with Crippen molar-refractivity contribution >= 4 is 35.1 Å². The van der Waals surface area contributed by atoms with E-state index in [0.717, 1.165) is 16.7 Å². The first-order chi connectivity index (χ1) is 11.2. The van der Waals surface area contributed by atoms with Gasteiger partial charge in [-0.3, -0.25) is 4.79 Å². The highest BCUT2D eigenvalue weighted by Crippen LogP contribution is 2.31. The molecule has 6 nitrogen and oxygen atoms in total. The zero-order valence-electron chi connectivity index (χ0n) is 12.7. The number of halogens is 3. The summed E-state index contributed by atoms with van der Waals surface area (Å²) in [5.41, 5.74) is 0.632. The van der Waals surface area contributed by atoms with Crippen LogP contribution in [-0.2, 0) is 11.0 Å². The van der Waals surface area contributed by atoms with E-state index in [1.54, 1.807) is 19.1 Å². The van der Waals surface area contributed by atoms with E-state index >= 15 is 0 Å². The summed E-state index contributed by atoms with van der Waals surface area (Å²) < 4.78 is 38.2. The number of hydrogen-bond acceptors (Lipinski definition) is 6. The number of carbonyl (C=O) groups excluding carboxylic acids is 1. The number of nitrogens with zero attached hydrogens (tertiary/aromatic N) is 3. The molecule has 1 aromatic carbocycles. The zero-order valence-corrected chi connectivity index (χ0v) is 14.3. The average molecular weight is 377 g/mol. The number of nitrogens with one attached hydrogen (secondary N) is 1. The Labute approximate surface area is 144 Å². The van der Waals surface area contributed by atoms with E-state index in [-0.39, 0.29) is 11.1 Å². The summed E-state index contributed by atoms with van der Waals surface area (Å²) in [6.45, 7) is 1.55. The first-order valence-corrected chi connectivity index (χ1v) is 8.72. The van der Waals surface area contributed by atoms with Crippen LogP contribution in [0.4, 0.5) is 18.9 Å². The van der Waals surface area contributed by atoms with Crippen LogP contribution in [0.2, 0.25) is 0 Å². The standard InChI is InChI=1S/C13H14F3N5OS2/c1-7(10(22)18-8-5-3-4-6-9(8)23-2)24-12-20-19-11(21(12)17)13(14,15)16/h3-7H,17H2,1-2H3,(H,18,22). The zero-order chi connectivity index (χ0) is 17.9. The van der Waals surface area contributed by atoms with E-state index in [1.807, 2.05) is 18.4 Å². The van der Waals surface area contributed by atoms with Gasteiger partial charge in [-0.2, -0.15) is 13.2 Å². The lowest BCUT2D eigenvalue weighted by molar-refractivity contribution is -0.146. The average Bonchev–Trinajstić information content (AvgIpc) is 2.88. The summed E-state index contributed by atoms with van der Waals surface area (Å²) >= 11 is 2.26. The molecule has 0 saturated carbocycles. The molecule has 11 heteroatoms. The van der Waals surface area contributed by atoms with Gasteiger partial charge in [0.1, 0.15) is 0 Å². The van der Waals surface area contributed by atoms with Crippen molar-refractivity contribution in [2.75, 3.05) is 17.4 Å². The molecule has 1 unspecified atom stereocenters. The largest absolute Gasteiger partial charge is 0.453 e. The third kappa shape index (κ3) is 4.15. The van der Waals surface area contributed by atoms with E-state index in [4.69, 9.17) is 5.84 Å². The van der Waals surface area contributed by atoms with Crippen LogP contribution >= 0.6 is 23.5 Å². The van der Waals surface area contributed by atoms with Gasteiger partial charge >= 0.3 is 6.18 Å². The highest BCUT2D eigenvalue weighted by molar-refractivity contribution is 8.00. The van der Waals surface area contributed by atoms with E-state index in [9.17, 15) is 18.0 Å². The molecule has 24 heavy (non-hydrogen) atoms. The number of para-hydroxylation sites is 1. The molecule has 0 bridgehead atoms. The third-order valence-electron chi connectivity index (χ3n) is 2.93. The fourth-order valence-corrected chi connectivity index (χ4v) is 3.07. The molecule has 1 aromatic heterocycles. The predicted molar refractivity (Wildman–Crippen MR) is 87.3 cm³/mol. The van der Waals surface area contributed by atoms with Gasteiger partial charge in [0.2, 0.25) is 11.1 Å². The minimum atomic E-state index is -4.71. The Morgan fingerprint density at radius 2 is 2.00 bits per heavy atom. The van der Waals surface area contributed by atoms with Gasteiger partial charge in [0.15, 0.2) is 0 Å². The molecule has 1 atom stereocenters. The summed E-state index contributed by atoms with van der Waals surface area (Å²) in [4.78, 5) is 13.1. The number of nitrogens with two attached hydrogens (primary N) is 1. The highest BCUT2D eigenvalue weighted by Gasteiger charge is 2.38. The quantitative estimate of drug-likeness (QED) is 0.616. The number of alkyl halides is 3. The molecule has 2 rings (SSSR count). The number of aromatic nitrogens is 3. The van der Waals surface area contributed by atoms with Crippen molar-refractivity contribution in [3.8, 4) is 0 Å². The van der Waals surface area contributed by atoms with Gasteiger partial charge in [-0.1, -0.05) is 23.9 Å². The molecule has 0 fully saturated rings. The van der Waals surface area contributed by atoms with Crippen LogP contribution in [0.25, 0.3) is 0 Å². The molecule has 0 aliphatic carbocycles. The smallest absolute Gasteiger partial charge is 0.335 e. The van der Waals surface area contributed by atoms with Gasteiger partial charge in [0.25, 0.3) is 5.82 Å². The maximum absolute atomic E-state index is 12.6. The number of hydrogen-bond donors (Lipinski definition) is 2. The highest BCUT2D eigenvalue weighted by atomic mass is 32.2. The maximum atomic E-state index is 12.6. The van der Waals surface area contributed by atoms with Crippen LogP contribution in [0.1, 0.15) is 12.7 Å². The van der Waals surface area contributed by atoms with Crippen molar-refractivity contribution in [1.29, 1.82) is 0 Å². The van der Waals surface area contributed by atoms with Crippen LogP contribution in [0, 0.1) is 0 Å². The Balaban J connectivity index is 2.08. The van der Waals surface area contributed by atoms with Crippen LogP contribution in [-0.4, -0.2) is 32.3 Å². The molecule has 0 aliphatic heterocycles. The summed E-state index contributed by atoms with van der Waals surface area (Å²) in [7, 11) is 0. The van der Waals surface area contributed by atoms with Crippen molar-refractivity contribution in [3.05, 3.63) is 30.1 Å². The van der Waals surface area contributed by atoms with Crippen molar-refractivity contribution < 1.29 is 18.0 Å². The first kappa shape index (κ1) is 18.5. The lowest BCUT2D eigenvalue weighted by Gasteiger charge is -2.13. The summed E-state index contributed by atoms with van der Waals surface area (Å²) in [6, 6.07) is 7.22. The molecule has 1 amide bonds. The number of carbonyl (C=O) groups is 1. The topological polar surface area (TPSA) is 85.8 Å². The molecule has 3 N–H and O–H groups in total. The van der Waals surface area contributed by atoms with Crippen molar-refractivity contribution in [1.82, 2.24) is 14.9 Å². The van der Waals surface area contributed by atoms with Crippen LogP contribution in [0.3, 0.4) is 0 Å².